The maximum absolute atomic E-state index is 5.74. The van der Waals surface area contributed by atoms with E-state index < -0.39 is 0 Å². The predicted octanol–water partition coefficient (Wildman–Crippen LogP) is 2.34. The molecule has 1 N–H and O–H groups in total. The first-order valence-corrected chi connectivity index (χ1v) is 7.45. The lowest BCUT2D eigenvalue weighted by Crippen LogP contribution is -2.18. The monoisotopic (exact) mass is 349 g/mol. The summed E-state index contributed by atoms with van der Waals surface area (Å²) in [5.41, 5.74) is 1.32. The number of hydrogen-bond donors (Lipinski definition) is 1. The smallest absolute Gasteiger partial charge is 0.150 e. The molecular formula is C12H20IN3O. The van der Waals surface area contributed by atoms with E-state index in [1.165, 1.54) is 18.4 Å². The summed E-state index contributed by atoms with van der Waals surface area (Å²) < 4.78 is 8.85. The van der Waals surface area contributed by atoms with Crippen molar-refractivity contribution < 1.29 is 4.74 Å². The third kappa shape index (κ3) is 3.66. The highest BCUT2D eigenvalue weighted by Gasteiger charge is 2.18. The van der Waals surface area contributed by atoms with Crippen LogP contribution in [0.3, 0.4) is 0 Å². The van der Waals surface area contributed by atoms with E-state index in [1.807, 2.05) is 4.68 Å². The van der Waals surface area contributed by atoms with Crippen molar-refractivity contribution >= 4 is 22.6 Å². The van der Waals surface area contributed by atoms with E-state index in [0.29, 0.717) is 0 Å². The molecule has 1 fully saturated rings. The van der Waals surface area contributed by atoms with Crippen LogP contribution in [-0.4, -0.2) is 29.5 Å². The van der Waals surface area contributed by atoms with Crippen molar-refractivity contribution in [3.8, 4) is 0 Å². The van der Waals surface area contributed by atoms with Crippen LogP contribution in [0, 0.1) is 3.70 Å². The number of halogens is 1. The van der Waals surface area contributed by atoms with Gasteiger partial charge in [-0.15, -0.1) is 0 Å². The van der Waals surface area contributed by atoms with E-state index in [2.05, 4.69) is 46.1 Å². The van der Waals surface area contributed by atoms with Gasteiger partial charge in [0.1, 0.15) is 9.93 Å². The summed E-state index contributed by atoms with van der Waals surface area (Å²) in [7, 11) is 0. The highest BCUT2D eigenvalue weighted by Crippen LogP contribution is 2.23. The van der Waals surface area contributed by atoms with Crippen LogP contribution in [0.2, 0.25) is 0 Å². The quantitative estimate of drug-likeness (QED) is 0.655. The molecule has 5 heteroatoms. The molecule has 0 aromatic carbocycles. The van der Waals surface area contributed by atoms with E-state index in [9.17, 15) is 0 Å². The largest absolute Gasteiger partial charge is 0.357 e. The fourth-order valence-corrected chi connectivity index (χ4v) is 2.71. The summed E-state index contributed by atoms with van der Waals surface area (Å²) in [6.07, 6.45) is 6.86. The van der Waals surface area contributed by atoms with Gasteiger partial charge in [-0.2, -0.15) is 5.10 Å². The lowest BCUT2D eigenvalue weighted by Gasteiger charge is -2.22. The average Bonchev–Trinajstić information content (AvgIpc) is 2.73. The van der Waals surface area contributed by atoms with Gasteiger partial charge in [0, 0.05) is 18.4 Å². The molecule has 0 spiro atoms. The van der Waals surface area contributed by atoms with E-state index >= 15 is 0 Å². The normalized spacial score (nSPS) is 20.7. The first-order chi connectivity index (χ1) is 8.31. The van der Waals surface area contributed by atoms with Crippen LogP contribution in [-0.2, 0) is 11.2 Å². The summed E-state index contributed by atoms with van der Waals surface area (Å²) in [6, 6.07) is 0. The highest BCUT2D eigenvalue weighted by atomic mass is 127. The number of hydrogen-bond acceptors (Lipinski definition) is 3. The zero-order chi connectivity index (χ0) is 12.1. The lowest BCUT2D eigenvalue weighted by atomic mass is 10.2. The maximum Gasteiger partial charge on any atom is 0.150 e. The minimum Gasteiger partial charge on any atom is -0.357 e. The Labute approximate surface area is 116 Å². The van der Waals surface area contributed by atoms with Crippen molar-refractivity contribution in [1.82, 2.24) is 15.1 Å². The molecule has 1 unspecified atom stereocenters. The third-order valence-electron chi connectivity index (χ3n) is 3.03. The van der Waals surface area contributed by atoms with Gasteiger partial charge in [-0.25, -0.2) is 4.68 Å². The van der Waals surface area contributed by atoms with Gasteiger partial charge in [0.25, 0.3) is 0 Å². The molecule has 1 atom stereocenters. The van der Waals surface area contributed by atoms with Gasteiger partial charge in [-0.05, 0) is 61.4 Å². The Bertz CT molecular complexity index is 348. The van der Waals surface area contributed by atoms with E-state index in [1.54, 1.807) is 0 Å². The molecular weight excluding hydrogens is 329 g/mol. The molecule has 1 saturated heterocycles. The molecule has 0 amide bonds. The maximum atomic E-state index is 5.74. The number of ether oxygens (including phenoxy) is 1. The molecule has 0 saturated carbocycles. The summed E-state index contributed by atoms with van der Waals surface area (Å²) in [6.45, 7) is 5.04. The summed E-state index contributed by atoms with van der Waals surface area (Å²) in [5, 5.41) is 7.90. The molecule has 1 aliphatic rings. The number of aromatic nitrogens is 2. The molecule has 1 aliphatic heterocycles. The minimum absolute atomic E-state index is 0.158. The molecule has 1 aromatic heterocycles. The second-order valence-corrected chi connectivity index (χ2v) is 5.37. The number of nitrogens with zero attached hydrogens (tertiary/aromatic N) is 2. The van der Waals surface area contributed by atoms with Gasteiger partial charge in [-0.1, -0.05) is 6.92 Å². The van der Waals surface area contributed by atoms with E-state index in [-0.39, 0.29) is 6.23 Å². The average molecular weight is 349 g/mol. The summed E-state index contributed by atoms with van der Waals surface area (Å²) >= 11 is 2.31. The Morgan fingerprint density at radius 3 is 3.18 bits per heavy atom. The Morgan fingerprint density at radius 1 is 1.59 bits per heavy atom. The van der Waals surface area contributed by atoms with Crippen LogP contribution in [0.15, 0.2) is 6.20 Å². The van der Waals surface area contributed by atoms with Crippen LogP contribution in [0.4, 0.5) is 0 Å². The van der Waals surface area contributed by atoms with Crippen molar-refractivity contribution in [2.75, 3.05) is 19.7 Å². The summed E-state index contributed by atoms with van der Waals surface area (Å²) in [4.78, 5) is 0. The fraction of sp³-hybridized carbons (Fsp3) is 0.750. The van der Waals surface area contributed by atoms with Crippen molar-refractivity contribution in [1.29, 1.82) is 0 Å². The van der Waals surface area contributed by atoms with Gasteiger partial charge in [0.2, 0.25) is 0 Å². The molecule has 1 aromatic rings. The minimum atomic E-state index is 0.158. The molecule has 4 nitrogen and oxygen atoms in total. The van der Waals surface area contributed by atoms with Crippen molar-refractivity contribution in [2.45, 2.75) is 38.8 Å². The van der Waals surface area contributed by atoms with Crippen molar-refractivity contribution in [2.24, 2.45) is 0 Å². The topological polar surface area (TPSA) is 39.1 Å². The van der Waals surface area contributed by atoms with Crippen LogP contribution in [0.5, 0.6) is 0 Å². The molecule has 17 heavy (non-hydrogen) atoms. The molecule has 2 heterocycles. The van der Waals surface area contributed by atoms with Crippen LogP contribution < -0.4 is 5.32 Å². The Kier molecular flexibility index (Phi) is 5.24. The van der Waals surface area contributed by atoms with Crippen molar-refractivity contribution in [3.63, 3.8) is 0 Å². The Hall–Kier alpha value is -0.140. The standard InChI is InChI=1S/C12H20IN3O/c1-2-14-7-6-10-9-16(15-12(10)13)11-5-3-4-8-17-11/h9,11,14H,2-8H2,1H3. The van der Waals surface area contributed by atoms with Crippen LogP contribution >= 0.6 is 22.6 Å². The third-order valence-corrected chi connectivity index (χ3v) is 3.94. The van der Waals surface area contributed by atoms with Crippen molar-refractivity contribution in [3.05, 3.63) is 15.5 Å². The highest BCUT2D eigenvalue weighted by molar-refractivity contribution is 14.1. The van der Waals surface area contributed by atoms with Gasteiger partial charge in [0.05, 0.1) is 0 Å². The number of nitrogens with one attached hydrogen (secondary N) is 1. The molecule has 0 bridgehead atoms. The molecule has 0 aliphatic carbocycles. The van der Waals surface area contributed by atoms with Crippen LogP contribution in [0.25, 0.3) is 0 Å². The second-order valence-electron chi connectivity index (χ2n) is 4.35. The van der Waals surface area contributed by atoms with Gasteiger partial charge >= 0.3 is 0 Å². The van der Waals surface area contributed by atoms with Crippen LogP contribution in [0.1, 0.15) is 38.0 Å². The zero-order valence-electron chi connectivity index (χ0n) is 10.3. The SMILES string of the molecule is CCNCCc1cn(C2CCCCO2)nc1I. The molecule has 2 rings (SSSR count). The first kappa shape index (κ1) is 13.3. The Balaban J connectivity index is 1.96. The zero-order valence-corrected chi connectivity index (χ0v) is 12.4. The van der Waals surface area contributed by atoms with E-state index in [4.69, 9.17) is 4.74 Å². The van der Waals surface area contributed by atoms with Gasteiger partial charge in [-0.3, -0.25) is 0 Å². The first-order valence-electron chi connectivity index (χ1n) is 6.37. The number of rotatable bonds is 5. The predicted molar refractivity (Wildman–Crippen MR) is 76.0 cm³/mol. The fourth-order valence-electron chi connectivity index (χ4n) is 2.05. The van der Waals surface area contributed by atoms with E-state index in [0.717, 1.165) is 36.2 Å². The van der Waals surface area contributed by atoms with Gasteiger partial charge in [0.15, 0.2) is 0 Å². The second kappa shape index (κ2) is 6.70. The summed E-state index contributed by atoms with van der Waals surface area (Å²) in [5.74, 6) is 0. The lowest BCUT2D eigenvalue weighted by molar-refractivity contribution is -0.0397. The Morgan fingerprint density at radius 2 is 2.47 bits per heavy atom. The van der Waals surface area contributed by atoms with Gasteiger partial charge < -0.3 is 10.1 Å². The number of likely N-dealkylation sites (N-methyl/N-ethyl adjacent to an activating group) is 1. The molecule has 0 radical (unpaired) electrons. The molecule has 96 valence electrons.